The molecule has 0 saturated carbocycles. The smallest absolute Gasteiger partial charge is 0.251 e. The zero-order chi connectivity index (χ0) is 21.5. The van der Waals surface area contributed by atoms with E-state index in [2.05, 4.69) is 36.8 Å². The van der Waals surface area contributed by atoms with Gasteiger partial charge in [-0.2, -0.15) is 0 Å². The average Bonchev–Trinajstić information content (AvgIpc) is 3.13. The Hall–Kier alpha value is -2.36. The molecule has 0 aliphatic heterocycles. The Morgan fingerprint density at radius 3 is 2.63 bits per heavy atom. The van der Waals surface area contributed by atoms with Crippen LogP contribution in [0.4, 0.5) is 5.69 Å². The molecule has 3 rings (SSSR count). The van der Waals surface area contributed by atoms with Crippen LogP contribution in [0.3, 0.4) is 0 Å². The summed E-state index contributed by atoms with van der Waals surface area (Å²) in [6, 6.07) is 14.0. The third kappa shape index (κ3) is 6.07. The maximum Gasteiger partial charge on any atom is 0.251 e. The van der Waals surface area contributed by atoms with Crippen molar-refractivity contribution in [3.8, 4) is 0 Å². The number of hydrogen-bond acceptors (Lipinski definition) is 5. The fourth-order valence-electron chi connectivity index (χ4n) is 2.63. The highest BCUT2D eigenvalue weighted by Gasteiger charge is 2.14. The van der Waals surface area contributed by atoms with Crippen molar-refractivity contribution in [2.24, 2.45) is 0 Å². The van der Waals surface area contributed by atoms with Crippen LogP contribution in [0.5, 0.6) is 0 Å². The third-order valence-corrected chi connectivity index (χ3v) is 5.78. The van der Waals surface area contributed by atoms with E-state index in [4.69, 9.17) is 11.6 Å². The Bertz CT molecular complexity index is 1040. The van der Waals surface area contributed by atoms with Gasteiger partial charge < -0.3 is 15.2 Å². The lowest BCUT2D eigenvalue weighted by atomic mass is 10.2. The van der Waals surface area contributed by atoms with Crippen LogP contribution in [0.15, 0.2) is 58.2 Å². The Balaban J connectivity index is 1.56. The van der Waals surface area contributed by atoms with Crippen LogP contribution >= 0.6 is 39.3 Å². The molecule has 7 nitrogen and oxygen atoms in total. The van der Waals surface area contributed by atoms with Crippen LogP contribution < -0.4 is 10.6 Å². The van der Waals surface area contributed by atoms with Gasteiger partial charge in [0.15, 0.2) is 11.0 Å². The third-order valence-electron chi connectivity index (χ3n) is 4.06. The number of rotatable bonds is 8. The lowest BCUT2D eigenvalue weighted by Crippen LogP contribution is -2.24. The van der Waals surface area contributed by atoms with Gasteiger partial charge in [-0.1, -0.05) is 45.4 Å². The van der Waals surface area contributed by atoms with Gasteiger partial charge in [-0.3, -0.25) is 9.59 Å². The number of aromatic nitrogens is 3. The summed E-state index contributed by atoms with van der Waals surface area (Å²) in [7, 11) is 0. The molecule has 0 bridgehead atoms. The molecule has 30 heavy (non-hydrogen) atoms. The van der Waals surface area contributed by atoms with E-state index in [0.717, 1.165) is 10.2 Å². The first-order valence-corrected chi connectivity index (χ1v) is 11.3. The van der Waals surface area contributed by atoms with Gasteiger partial charge in [-0.15, -0.1) is 10.2 Å². The number of nitrogens with zero attached hydrogens (tertiary/aromatic N) is 3. The molecule has 2 amide bonds. The number of carbonyl (C=O) groups excluding carboxylic acids is 2. The molecule has 156 valence electrons. The van der Waals surface area contributed by atoms with E-state index in [9.17, 15) is 9.59 Å². The highest BCUT2D eigenvalue weighted by molar-refractivity contribution is 9.10. The van der Waals surface area contributed by atoms with E-state index in [-0.39, 0.29) is 24.1 Å². The Kier molecular flexibility index (Phi) is 7.89. The minimum absolute atomic E-state index is 0.138. The van der Waals surface area contributed by atoms with Crippen molar-refractivity contribution in [3.05, 3.63) is 69.4 Å². The summed E-state index contributed by atoms with van der Waals surface area (Å²) in [5.74, 6) is 0.456. The van der Waals surface area contributed by atoms with Gasteiger partial charge >= 0.3 is 0 Å². The number of anilines is 1. The standard InChI is InChI=1S/C20H19BrClN5O2S/c1-2-27-17(11-23-19(29)13-6-8-15(22)9-7-13)25-26-20(27)30-12-18(28)24-16-5-3-4-14(21)10-16/h3-10H,2,11-12H2,1H3,(H,23,29)(H,24,28). The van der Waals surface area contributed by atoms with Gasteiger partial charge in [0, 0.05) is 27.3 Å². The second-order valence-corrected chi connectivity index (χ2v) is 8.47. The van der Waals surface area contributed by atoms with Crippen molar-refractivity contribution in [1.82, 2.24) is 20.1 Å². The number of nitrogens with one attached hydrogen (secondary N) is 2. The van der Waals surface area contributed by atoms with Crippen molar-refractivity contribution < 1.29 is 9.59 Å². The van der Waals surface area contributed by atoms with Gasteiger partial charge in [0.25, 0.3) is 5.91 Å². The Labute approximate surface area is 191 Å². The van der Waals surface area contributed by atoms with E-state index < -0.39 is 0 Å². The molecular weight excluding hydrogens is 490 g/mol. The van der Waals surface area contributed by atoms with Gasteiger partial charge in [0.2, 0.25) is 5.91 Å². The highest BCUT2D eigenvalue weighted by atomic mass is 79.9. The van der Waals surface area contributed by atoms with Crippen LogP contribution in [-0.4, -0.2) is 32.3 Å². The van der Waals surface area contributed by atoms with Gasteiger partial charge in [0.05, 0.1) is 12.3 Å². The molecule has 10 heteroatoms. The number of benzene rings is 2. The quantitative estimate of drug-likeness (QED) is 0.441. The van der Waals surface area contributed by atoms with Crippen molar-refractivity contribution in [2.75, 3.05) is 11.1 Å². The predicted octanol–water partition coefficient (Wildman–Crippen LogP) is 4.37. The molecule has 2 N–H and O–H groups in total. The van der Waals surface area contributed by atoms with Crippen molar-refractivity contribution in [2.45, 2.75) is 25.2 Å². The fourth-order valence-corrected chi connectivity index (χ4v) is 3.98. The van der Waals surface area contributed by atoms with Gasteiger partial charge in [-0.25, -0.2) is 0 Å². The molecule has 0 aliphatic rings. The summed E-state index contributed by atoms with van der Waals surface area (Å²) < 4.78 is 2.77. The largest absolute Gasteiger partial charge is 0.345 e. The molecule has 1 aromatic heterocycles. The van der Waals surface area contributed by atoms with Crippen LogP contribution in [-0.2, 0) is 17.9 Å². The maximum atomic E-state index is 12.3. The number of halogens is 2. The molecule has 0 atom stereocenters. The maximum absolute atomic E-state index is 12.3. The summed E-state index contributed by atoms with van der Waals surface area (Å²) in [5.41, 5.74) is 1.23. The molecule has 0 radical (unpaired) electrons. The first-order valence-electron chi connectivity index (χ1n) is 9.10. The van der Waals surface area contributed by atoms with Crippen molar-refractivity contribution in [3.63, 3.8) is 0 Å². The molecule has 1 heterocycles. The second kappa shape index (κ2) is 10.6. The van der Waals surface area contributed by atoms with Crippen LogP contribution in [0.1, 0.15) is 23.1 Å². The van der Waals surface area contributed by atoms with Crippen LogP contribution in [0.25, 0.3) is 0 Å². The minimum Gasteiger partial charge on any atom is -0.345 e. The molecule has 0 fully saturated rings. The van der Waals surface area contributed by atoms with E-state index in [1.807, 2.05) is 35.8 Å². The first kappa shape index (κ1) is 22.3. The average molecular weight is 509 g/mol. The molecular formula is C20H19BrClN5O2S. The van der Waals surface area contributed by atoms with Gasteiger partial charge in [0.1, 0.15) is 0 Å². The van der Waals surface area contributed by atoms with Crippen molar-refractivity contribution in [1.29, 1.82) is 0 Å². The highest BCUT2D eigenvalue weighted by Crippen LogP contribution is 2.19. The van der Waals surface area contributed by atoms with Crippen molar-refractivity contribution >= 4 is 56.8 Å². The first-order chi connectivity index (χ1) is 14.5. The van der Waals surface area contributed by atoms with E-state index in [1.54, 1.807) is 24.3 Å². The number of carbonyl (C=O) groups is 2. The molecule has 0 unspecified atom stereocenters. The normalized spacial score (nSPS) is 10.6. The van der Waals surface area contributed by atoms with E-state index >= 15 is 0 Å². The molecule has 0 aliphatic carbocycles. The molecule has 2 aromatic carbocycles. The second-order valence-electron chi connectivity index (χ2n) is 6.18. The summed E-state index contributed by atoms with van der Waals surface area (Å²) >= 11 is 10.5. The SMILES string of the molecule is CCn1c(CNC(=O)c2ccc(Cl)cc2)nnc1SCC(=O)Nc1cccc(Br)c1. The zero-order valence-corrected chi connectivity index (χ0v) is 19.2. The Morgan fingerprint density at radius 2 is 1.93 bits per heavy atom. The summed E-state index contributed by atoms with van der Waals surface area (Å²) in [6.07, 6.45) is 0. The molecule has 0 spiro atoms. The number of thioether (sulfide) groups is 1. The zero-order valence-electron chi connectivity index (χ0n) is 16.1. The fraction of sp³-hybridized carbons (Fsp3) is 0.200. The lowest BCUT2D eigenvalue weighted by molar-refractivity contribution is -0.113. The van der Waals surface area contributed by atoms with E-state index in [0.29, 0.717) is 28.1 Å². The number of hydrogen-bond donors (Lipinski definition) is 2. The van der Waals surface area contributed by atoms with Crippen LogP contribution in [0.2, 0.25) is 5.02 Å². The summed E-state index contributed by atoms with van der Waals surface area (Å²) in [5, 5.41) is 15.2. The predicted molar refractivity (Wildman–Crippen MR) is 122 cm³/mol. The van der Waals surface area contributed by atoms with Gasteiger partial charge in [-0.05, 0) is 49.4 Å². The topological polar surface area (TPSA) is 88.9 Å². The lowest BCUT2D eigenvalue weighted by Gasteiger charge is -2.09. The number of amides is 2. The Morgan fingerprint density at radius 1 is 1.17 bits per heavy atom. The summed E-state index contributed by atoms with van der Waals surface area (Å²) in [6.45, 7) is 2.81. The summed E-state index contributed by atoms with van der Waals surface area (Å²) in [4.78, 5) is 24.5. The van der Waals surface area contributed by atoms with E-state index in [1.165, 1.54) is 11.8 Å². The minimum atomic E-state index is -0.222. The van der Waals surface area contributed by atoms with Crippen LogP contribution in [0, 0.1) is 0 Å². The molecule has 3 aromatic rings. The monoisotopic (exact) mass is 507 g/mol. The molecule has 0 saturated heterocycles.